The fourth-order valence-corrected chi connectivity index (χ4v) is 3.25. The highest BCUT2D eigenvalue weighted by Gasteiger charge is 2.29. The van der Waals surface area contributed by atoms with Crippen molar-refractivity contribution in [2.24, 2.45) is 0 Å². The second-order valence-electron chi connectivity index (χ2n) is 6.12. The first-order valence-electron chi connectivity index (χ1n) is 8.50. The van der Waals surface area contributed by atoms with Crippen LogP contribution in [0.3, 0.4) is 0 Å². The second-order valence-corrected chi connectivity index (χ2v) is 6.12. The molecule has 0 N–H and O–H groups in total. The van der Waals surface area contributed by atoms with E-state index in [2.05, 4.69) is 4.98 Å². The lowest BCUT2D eigenvalue weighted by molar-refractivity contribution is -0.383. The first-order chi connectivity index (χ1) is 13.2. The van der Waals surface area contributed by atoms with Gasteiger partial charge in [0.2, 0.25) is 0 Å². The molecule has 0 bridgehead atoms. The van der Waals surface area contributed by atoms with Gasteiger partial charge in [-0.2, -0.15) is 0 Å². The molecular weight excluding hydrogens is 340 g/mol. The van der Waals surface area contributed by atoms with Gasteiger partial charge >= 0.3 is 5.69 Å². The van der Waals surface area contributed by atoms with Gasteiger partial charge in [-0.05, 0) is 30.2 Å². The maximum Gasteiger partial charge on any atom is 0.303 e. The van der Waals surface area contributed by atoms with Crippen molar-refractivity contribution < 1.29 is 9.34 Å². The lowest BCUT2D eigenvalue weighted by Gasteiger charge is -2.14. The molecule has 0 atom stereocenters. The van der Waals surface area contributed by atoms with E-state index in [1.54, 1.807) is 12.3 Å². The highest BCUT2D eigenvalue weighted by atomic mass is 16.6. The molecule has 132 valence electrons. The lowest BCUT2D eigenvalue weighted by Crippen LogP contribution is -2.03. The number of furan rings is 1. The predicted molar refractivity (Wildman–Crippen MR) is 104 cm³/mol. The van der Waals surface area contributed by atoms with Gasteiger partial charge < -0.3 is 4.42 Å². The molecule has 27 heavy (non-hydrogen) atoms. The van der Waals surface area contributed by atoms with Gasteiger partial charge in [0, 0.05) is 5.56 Å². The van der Waals surface area contributed by atoms with E-state index < -0.39 is 0 Å². The quantitative estimate of drug-likeness (QED) is 0.337. The fraction of sp³-hybridized carbons (Fsp3) is 0.0455. The molecule has 0 saturated carbocycles. The van der Waals surface area contributed by atoms with E-state index in [1.807, 2.05) is 73.7 Å². The second kappa shape index (κ2) is 6.88. The van der Waals surface area contributed by atoms with E-state index in [1.165, 1.54) is 0 Å². The van der Waals surface area contributed by atoms with Crippen LogP contribution in [0.4, 0.5) is 5.69 Å². The molecule has 2 heterocycles. The molecule has 0 aliphatic rings. The molecule has 0 radical (unpaired) electrons. The Balaban J connectivity index is 2.13. The minimum atomic E-state index is -0.351. The van der Waals surface area contributed by atoms with Gasteiger partial charge in [0.15, 0.2) is 5.76 Å². The smallest absolute Gasteiger partial charge is 0.303 e. The molecule has 0 fully saturated rings. The summed E-state index contributed by atoms with van der Waals surface area (Å²) < 4.78 is 5.55. The Morgan fingerprint density at radius 3 is 2.04 bits per heavy atom. The Labute approximate surface area is 156 Å². The van der Waals surface area contributed by atoms with Crippen LogP contribution in [0.2, 0.25) is 0 Å². The number of hydrogen-bond donors (Lipinski definition) is 0. The third kappa shape index (κ3) is 3.00. The van der Waals surface area contributed by atoms with Crippen LogP contribution in [0.1, 0.15) is 5.56 Å². The molecule has 2 aromatic carbocycles. The standard InChI is InChI=1S/C22H16N2O3/c1-15-19(16-9-4-2-5-10-16)22(24(25)26)21(17-11-6-3-7-12-17)23-20(15)18-13-8-14-27-18/h2-14H,1H3. The molecule has 4 rings (SSSR count). The normalized spacial score (nSPS) is 10.7. The van der Waals surface area contributed by atoms with Gasteiger partial charge in [-0.15, -0.1) is 0 Å². The summed E-state index contributed by atoms with van der Waals surface area (Å²) in [4.78, 5) is 16.4. The van der Waals surface area contributed by atoms with Crippen LogP contribution in [0.5, 0.6) is 0 Å². The summed E-state index contributed by atoms with van der Waals surface area (Å²) in [5.41, 5.74) is 3.66. The molecular formula is C22H16N2O3. The molecule has 4 aromatic rings. The molecule has 2 aromatic heterocycles. The zero-order valence-electron chi connectivity index (χ0n) is 14.6. The van der Waals surface area contributed by atoms with Crippen molar-refractivity contribution in [1.82, 2.24) is 4.98 Å². The van der Waals surface area contributed by atoms with E-state index in [0.717, 1.165) is 5.56 Å². The average molecular weight is 356 g/mol. The van der Waals surface area contributed by atoms with E-state index in [9.17, 15) is 10.1 Å². The Bertz CT molecular complexity index is 1090. The van der Waals surface area contributed by atoms with Gasteiger partial charge in [-0.25, -0.2) is 4.98 Å². The highest BCUT2D eigenvalue weighted by Crippen LogP contribution is 2.43. The minimum absolute atomic E-state index is 0.000191. The maximum absolute atomic E-state index is 12.1. The minimum Gasteiger partial charge on any atom is -0.463 e. The number of pyridine rings is 1. The van der Waals surface area contributed by atoms with Gasteiger partial charge in [0.05, 0.1) is 16.7 Å². The number of nitrogens with zero attached hydrogens (tertiary/aromatic N) is 2. The van der Waals surface area contributed by atoms with Crippen molar-refractivity contribution in [3.63, 3.8) is 0 Å². The Morgan fingerprint density at radius 1 is 0.852 bits per heavy atom. The zero-order chi connectivity index (χ0) is 18.8. The molecule has 5 nitrogen and oxygen atoms in total. The Morgan fingerprint density at radius 2 is 1.48 bits per heavy atom. The molecule has 5 heteroatoms. The lowest BCUT2D eigenvalue weighted by atomic mass is 9.94. The van der Waals surface area contributed by atoms with Gasteiger partial charge in [0.1, 0.15) is 11.4 Å². The summed E-state index contributed by atoms with van der Waals surface area (Å²) >= 11 is 0. The first kappa shape index (κ1) is 16.7. The van der Waals surface area contributed by atoms with Crippen LogP contribution in [0, 0.1) is 17.0 Å². The predicted octanol–water partition coefficient (Wildman–Crippen LogP) is 5.89. The van der Waals surface area contributed by atoms with Crippen LogP contribution >= 0.6 is 0 Å². The molecule has 0 amide bonds. The number of nitro groups is 1. The SMILES string of the molecule is Cc1c(-c2ccco2)nc(-c2ccccc2)c([N+](=O)[O-])c1-c1ccccc1. The molecule has 0 aliphatic carbocycles. The summed E-state index contributed by atoms with van der Waals surface area (Å²) in [5, 5.41) is 12.1. The van der Waals surface area contributed by atoms with Crippen LogP contribution in [0.25, 0.3) is 33.8 Å². The molecule has 0 aliphatic heterocycles. The van der Waals surface area contributed by atoms with Crippen LogP contribution in [0.15, 0.2) is 83.5 Å². The maximum atomic E-state index is 12.1. The highest BCUT2D eigenvalue weighted by molar-refractivity contribution is 5.89. The van der Waals surface area contributed by atoms with Crippen molar-refractivity contribution in [2.45, 2.75) is 6.92 Å². The van der Waals surface area contributed by atoms with Crippen molar-refractivity contribution in [3.05, 3.63) is 94.7 Å². The topological polar surface area (TPSA) is 69.2 Å². The van der Waals surface area contributed by atoms with Crippen molar-refractivity contribution in [3.8, 4) is 33.8 Å². The Hall–Kier alpha value is -3.73. The summed E-state index contributed by atoms with van der Waals surface area (Å²) in [7, 11) is 0. The monoisotopic (exact) mass is 356 g/mol. The van der Waals surface area contributed by atoms with E-state index in [-0.39, 0.29) is 10.6 Å². The van der Waals surface area contributed by atoms with Crippen molar-refractivity contribution >= 4 is 5.69 Å². The van der Waals surface area contributed by atoms with Crippen molar-refractivity contribution in [1.29, 1.82) is 0 Å². The van der Waals surface area contributed by atoms with Crippen LogP contribution < -0.4 is 0 Å². The van der Waals surface area contributed by atoms with Crippen molar-refractivity contribution in [2.75, 3.05) is 0 Å². The number of rotatable bonds is 4. The number of hydrogen-bond acceptors (Lipinski definition) is 4. The third-order valence-corrected chi connectivity index (χ3v) is 4.46. The number of aromatic nitrogens is 1. The molecule has 0 spiro atoms. The fourth-order valence-electron chi connectivity index (χ4n) is 3.25. The van der Waals surface area contributed by atoms with Gasteiger partial charge in [-0.1, -0.05) is 60.7 Å². The van der Waals surface area contributed by atoms with Gasteiger partial charge in [-0.3, -0.25) is 10.1 Å². The summed E-state index contributed by atoms with van der Waals surface area (Å²) in [6, 6.07) is 22.2. The summed E-state index contributed by atoms with van der Waals surface area (Å²) in [6.07, 6.45) is 1.57. The first-order valence-corrected chi connectivity index (χ1v) is 8.50. The van der Waals surface area contributed by atoms with Crippen LogP contribution in [-0.2, 0) is 0 Å². The average Bonchev–Trinajstić information content (AvgIpc) is 3.23. The zero-order valence-corrected chi connectivity index (χ0v) is 14.6. The molecule has 0 saturated heterocycles. The largest absolute Gasteiger partial charge is 0.463 e. The Kier molecular flexibility index (Phi) is 4.26. The third-order valence-electron chi connectivity index (χ3n) is 4.46. The summed E-state index contributed by atoms with van der Waals surface area (Å²) in [5.74, 6) is 0.580. The van der Waals surface area contributed by atoms with Gasteiger partial charge in [0.25, 0.3) is 0 Å². The van der Waals surface area contributed by atoms with E-state index in [4.69, 9.17) is 4.42 Å². The van der Waals surface area contributed by atoms with E-state index in [0.29, 0.717) is 33.8 Å². The van der Waals surface area contributed by atoms with Crippen LogP contribution in [-0.4, -0.2) is 9.91 Å². The molecule has 0 unspecified atom stereocenters. The number of benzene rings is 2. The van der Waals surface area contributed by atoms with E-state index >= 15 is 0 Å². The summed E-state index contributed by atoms with van der Waals surface area (Å²) in [6.45, 7) is 1.84.